The van der Waals surface area contributed by atoms with Crippen LogP contribution in [0.4, 0.5) is 5.69 Å². The molecule has 0 atom stereocenters. The topological polar surface area (TPSA) is 143 Å². The summed E-state index contributed by atoms with van der Waals surface area (Å²) in [7, 11) is 0. The first-order chi connectivity index (χ1) is 12.6. The maximum Gasteiger partial charge on any atom is 0.291 e. The number of nitro groups is 1. The van der Waals surface area contributed by atoms with Gasteiger partial charge in [-0.15, -0.1) is 0 Å². The number of hydrogen-bond acceptors (Lipinski definition) is 7. The van der Waals surface area contributed by atoms with Gasteiger partial charge in [0.05, 0.1) is 23.8 Å². The molecule has 0 aliphatic heterocycles. The van der Waals surface area contributed by atoms with Gasteiger partial charge in [-0.25, -0.2) is 5.43 Å². The Morgan fingerprint density at radius 3 is 2.70 bits per heavy atom. The minimum absolute atomic E-state index is 0.0327. The summed E-state index contributed by atoms with van der Waals surface area (Å²) >= 11 is 0. The summed E-state index contributed by atoms with van der Waals surface area (Å²) in [5.74, 6) is -0.912. The predicted molar refractivity (Wildman–Crippen MR) is 98.3 cm³/mol. The van der Waals surface area contributed by atoms with Crippen molar-refractivity contribution in [3.05, 3.63) is 45.3 Å². The standard InChI is InChI=1S/C17H21N5O5/c1-5-27-13-7-11(22(25)26)6-10(15(13)23)9-18-21-16(24)12-8-14(20-19-12)17(2,3)4/h6-9,23H,5H2,1-4H3,(H,19,20)(H,21,24). The molecule has 0 unspecified atom stereocenters. The highest BCUT2D eigenvalue weighted by molar-refractivity contribution is 5.93. The van der Waals surface area contributed by atoms with Crippen LogP contribution in [0.2, 0.25) is 0 Å². The van der Waals surface area contributed by atoms with Crippen LogP contribution in [-0.2, 0) is 5.41 Å². The maximum absolute atomic E-state index is 12.1. The van der Waals surface area contributed by atoms with Gasteiger partial charge in [-0.2, -0.15) is 10.2 Å². The number of phenolic OH excluding ortho intramolecular Hbond substituents is 1. The number of ether oxygens (including phenoxy) is 1. The number of benzene rings is 1. The lowest BCUT2D eigenvalue weighted by Gasteiger charge is -2.14. The third kappa shape index (κ3) is 4.81. The van der Waals surface area contributed by atoms with Crippen molar-refractivity contribution in [2.75, 3.05) is 6.61 Å². The van der Waals surface area contributed by atoms with Crippen LogP contribution in [0, 0.1) is 10.1 Å². The molecule has 1 aromatic heterocycles. The highest BCUT2D eigenvalue weighted by atomic mass is 16.6. The highest BCUT2D eigenvalue weighted by Gasteiger charge is 2.19. The second-order valence-electron chi connectivity index (χ2n) is 6.69. The van der Waals surface area contributed by atoms with Gasteiger partial charge < -0.3 is 9.84 Å². The van der Waals surface area contributed by atoms with Crippen LogP contribution in [-0.4, -0.2) is 39.0 Å². The van der Waals surface area contributed by atoms with Crippen molar-refractivity contribution in [1.29, 1.82) is 0 Å². The van der Waals surface area contributed by atoms with Crippen molar-refractivity contribution in [2.45, 2.75) is 33.1 Å². The van der Waals surface area contributed by atoms with Gasteiger partial charge >= 0.3 is 0 Å². The molecule has 1 heterocycles. The monoisotopic (exact) mass is 375 g/mol. The Balaban J connectivity index is 2.19. The maximum atomic E-state index is 12.1. The smallest absolute Gasteiger partial charge is 0.291 e. The van der Waals surface area contributed by atoms with E-state index in [1.54, 1.807) is 13.0 Å². The number of H-pyrrole nitrogens is 1. The SMILES string of the molecule is CCOc1cc([N+](=O)[O-])cc(C=NNC(=O)c2cc(C(C)(C)C)[nH]n2)c1O. The lowest BCUT2D eigenvalue weighted by atomic mass is 9.92. The molecular formula is C17H21N5O5. The number of aromatic hydroxyl groups is 1. The minimum Gasteiger partial charge on any atom is -0.504 e. The quantitative estimate of drug-likeness (QED) is 0.402. The number of rotatable bonds is 6. The molecule has 0 aliphatic rings. The normalized spacial score (nSPS) is 11.6. The van der Waals surface area contributed by atoms with E-state index in [-0.39, 0.29) is 40.5 Å². The van der Waals surface area contributed by atoms with Crippen LogP contribution in [0.3, 0.4) is 0 Å². The Morgan fingerprint density at radius 1 is 1.44 bits per heavy atom. The molecule has 0 radical (unpaired) electrons. The fourth-order valence-corrected chi connectivity index (χ4v) is 2.12. The predicted octanol–water partition coefficient (Wildman–Crippen LogP) is 2.48. The van der Waals surface area contributed by atoms with E-state index in [0.717, 1.165) is 24.0 Å². The van der Waals surface area contributed by atoms with Crippen LogP contribution in [0.15, 0.2) is 23.3 Å². The molecule has 1 amide bonds. The third-order valence-electron chi connectivity index (χ3n) is 3.59. The van der Waals surface area contributed by atoms with E-state index in [4.69, 9.17) is 4.74 Å². The van der Waals surface area contributed by atoms with E-state index >= 15 is 0 Å². The first-order valence-electron chi connectivity index (χ1n) is 8.17. The minimum atomic E-state index is -0.615. The Bertz CT molecular complexity index is 882. The van der Waals surface area contributed by atoms with Gasteiger partial charge in [-0.05, 0) is 13.0 Å². The summed E-state index contributed by atoms with van der Waals surface area (Å²) in [6.45, 7) is 7.82. The number of amides is 1. The van der Waals surface area contributed by atoms with E-state index in [1.807, 2.05) is 20.8 Å². The summed E-state index contributed by atoms with van der Waals surface area (Å²) < 4.78 is 5.18. The van der Waals surface area contributed by atoms with E-state index in [9.17, 15) is 20.0 Å². The number of carbonyl (C=O) groups excluding carboxylic acids is 1. The van der Waals surface area contributed by atoms with Crippen molar-refractivity contribution in [3.8, 4) is 11.5 Å². The number of hydrazone groups is 1. The second-order valence-corrected chi connectivity index (χ2v) is 6.69. The highest BCUT2D eigenvalue weighted by Crippen LogP contribution is 2.33. The van der Waals surface area contributed by atoms with Gasteiger partial charge in [-0.1, -0.05) is 20.8 Å². The summed E-state index contributed by atoms with van der Waals surface area (Å²) in [6, 6.07) is 3.86. The van der Waals surface area contributed by atoms with Crippen molar-refractivity contribution < 1.29 is 19.6 Å². The van der Waals surface area contributed by atoms with Crippen LogP contribution < -0.4 is 10.2 Å². The summed E-state index contributed by atoms with van der Waals surface area (Å²) in [5, 5.41) is 31.6. The number of nitrogens with one attached hydrogen (secondary N) is 2. The van der Waals surface area contributed by atoms with Gasteiger partial charge in [0.2, 0.25) is 0 Å². The third-order valence-corrected chi connectivity index (χ3v) is 3.59. The molecule has 10 nitrogen and oxygen atoms in total. The average molecular weight is 375 g/mol. The lowest BCUT2D eigenvalue weighted by molar-refractivity contribution is -0.385. The molecule has 0 aliphatic carbocycles. The van der Waals surface area contributed by atoms with Gasteiger partial charge in [0, 0.05) is 22.7 Å². The van der Waals surface area contributed by atoms with Crippen molar-refractivity contribution in [1.82, 2.24) is 15.6 Å². The zero-order valence-electron chi connectivity index (χ0n) is 15.4. The zero-order valence-corrected chi connectivity index (χ0v) is 15.4. The van der Waals surface area contributed by atoms with Crippen LogP contribution >= 0.6 is 0 Å². The van der Waals surface area contributed by atoms with E-state index in [1.165, 1.54) is 0 Å². The molecule has 0 spiro atoms. The van der Waals surface area contributed by atoms with Crippen molar-refractivity contribution >= 4 is 17.8 Å². The molecular weight excluding hydrogens is 354 g/mol. The molecule has 2 rings (SSSR count). The first kappa shape index (κ1) is 19.9. The van der Waals surface area contributed by atoms with Gasteiger partial charge in [0.15, 0.2) is 17.2 Å². The number of carbonyl (C=O) groups is 1. The molecule has 3 N–H and O–H groups in total. The number of aromatic nitrogens is 2. The van der Waals surface area contributed by atoms with Gasteiger partial charge in [0.1, 0.15) is 0 Å². The Morgan fingerprint density at radius 2 is 2.15 bits per heavy atom. The second kappa shape index (κ2) is 7.85. The van der Waals surface area contributed by atoms with Gasteiger partial charge in [-0.3, -0.25) is 20.0 Å². The van der Waals surface area contributed by atoms with Crippen LogP contribution in [0.25, 0.3) is 0 Å². The Hall–Kier alpha value is -3.43. The number of phenols is 1. The first-order valence-corrected chi connectivity index (χ1v) is 8.17. The van der Waals surface area contributed by atoms with Crippen LogP contribution in [0.1, 0.15) is 49.4 Å². The summed E-state index contributed by atoms with van der Waals surface area (Å²) in [6.07, 6.45) is 1.10. The van der Waals surface area contributed by atoms with E-state index in [2.05, 4.69) is 20.7 Å². The summed E-state index contributed by atoms with van der Waals surface area (Å²) in [4.78, 5) is 22.5. The molecule has 0 bridgehead atoms. The van der Waals surface area contributed by atoms with Crippen LogP contribution in [0.5, 0.6) is 11.5 Å². The average Bonchev–Trinajstić information content (AvgIpc) is 3.08. The Kier molecular flexibility index (Phi) is 5.78. The number of non-ortho nitro benzene ring substituents is 1. The molecule has 1 aromatic carbocycles. The fourth-order valence-electron chi connectivity index (χ4n) is 2.12. The van der Waals surface area contributed by atoms with Crippen molar-refractivity contribution in [3.63, 3.8) is 0 Å². The lowest BCUT2D eigenvalue weighted by Crippen LogP contribution is -2.18. The molecule has 2 aromatic rings. The largest absolute Gasteiger partial charge is 0.504 e. The van der Waals surface area contributed by atoms with Gasteiger partial charge in [0.25, 0.3) is 11.6 Å². The van der Waals surface area contributed by atoms with Crippen molar-refractivity contribution in [2.24, 2.45) is 5.10 Å². The fraction of sp³-hybridized carbons (Fsp3) is 0.353. The number of hydrogen-bond donors (Lipinski definition) is 3. The zero-order chi connectivity index (χ0) is 20.2. The summed E-state index contributed by atoms with van der Waals surface area (Å²) in [5.41, 5.74) is 2.77. The van der Waals surface area contributed by atoms with E-state index in [0.29, 0.717) is 0 Å². The van der Waals surface area contributed by atoms with E-state index < -0.39 is 10.8 Å². The Labute approximate surface area is 155 Å². The molecule has 0 saturated carbocycles. The number of nitro benzene ring substituents is 1. The number of aromatic amines is 1. The molecule has 0 fully saturated rings. The molecule has 144 valence electrons. The number of nitrogens with zero attached hydrogens (tertiary/aromatic N) is 3. The molecule has 27 heavy (non-hydrogen) atoms. The molecule has 0 saturated heterocycles. The molecule has 10 heteroatoms.